The molecule has 1 heterocycles. The first-order valence-corrected chi connectivity index (χ1v) is 6.51. The molecular weight excluding hydrogens is 260 g/mol. The topological polar surface area (TPSA) is 99.5 Å². The maximum atomic E-state index is 10.2. The van der Waals surface area contributed by atoms with E-state index >= 15 is 0 Å². The zero-order valence-electron chi connectivity index (χ0n) is 11.9. The molecule has 0 saturated carbocycles. The Balaban J connectivity index is 0.000000370. The highest BCUT2D eigenvalue weighted by molar-refractivity contribution is 5.69. The highest BCUT2D eigenvalue weighted by Crippen LogP contribution is 1.99. The maximum Gasteiger partial charge on any atom is 0.317 e. The fourth-order valence-electron chi connectivity index (χ4n) is 1.20. The molecule has 20 heavy (non-hydrogen) atoms. The second-order valence-corrected chi connectivity index (χ2v) is 4.34. The molecule has 0 saturated heterocycles. The smallest absolute Gasteiger partial charge is 0.317 e. The number of carboxylic acid groups (broad SMARTS) is 2. The molecule has 0 aliphatic carbocycles. The van der Waals surface area contributed by atoms with Crippen molar-refractivity contribution in [2.45, 2.75) is 39.2 Å². The Morgan fingerprint density at radius 2 is 2.05 bits per heavy atom. The molecule has 6 nitrogen and oxygen atoms in total. The fourth-order valence-corrected chi connectivity index (χ4v) is 1.20. The van der Waals surface area contributed by atoms with Gasteiger partial charge in [-0.15, -0.1) is 0 Å². The van der Waals surface area contributed by atoms with Gasteiger partial charge in [0.05, 0.1) is 6.54 Å². The molecule has 1 atom stereocenters. The summed E-state index contributed by atoms with van der Waals surface area (Å²) in [5.74, 6) is -1.57. The van der Waals surface area contributed by atoms with Crippen LogP contribution in [0.1, 0.15) is 32.3 Å². The number of carboxylic acids is 2. The van der Waals surface area contributed by atoms with Gasteiger partial charge in [-0.3, -0.25) is 14.6 Å². The van der Waals surface area contributed by atoms with Crippen LogP contribution in [0.4, 0.5) is 0 Å². The monoisotopic (exact) mass is 282 g/mol. The quantitative estimate of drug-likeness (QED) is 0.702. The number of aliphatic carboxylic acids is 2. The molecule has 0 aliphatic rings. The first-order chi connectivity index (χ1) is 9.45. The number of hydrogen-bond acceptors (Lipinski definition) is 4. The summed E-state index contributed by atoms with van der Waals surface area (Å²) in [5.41, 5.74) is 0.968. The van der Waals surface area contributed by atoms with Crippen LogP contribution in [0, 0.1) is 0 Å². The summed E-state index contributed by atoms with van der Waals surface area (Å²) < 4.78 is 0. The normalized spacial score (nSPS) is 11.1. The first kappa shape index (κ1) is 18.0. The van der Waals surface area contributed by atoms with Crippen molar-refractivity contribution in [1.82, 2.24) is 10.3 Å². The van der Waals surface area contributed by atoms with Gasteiger partial charge in [0.15, 0.2) is 0 Å². The van der Waals surface area contributed by atoms with Crippen LogP contribution in [-0.2, 0) is 16.0 Å². The molecule has 0 amide bonds. The third-order valence-electron chi connectivity index (χ3n) is 2.56. The average molecular weight is 282 g/mol. The minimum Gasteiger partial charge on any atom is -0.481 e. The van der Waals surface area contributed by atoms with Crippen LogP contribution >= 0.6 is 0 Å². The van der Waals surface area contributed by atoms with Gasteiger partial charge < -0.3 is 15.5 Å². The Morgan fingerprint density at radius 3 is 2.50 bits per heavy atom. The van der Waals surface area contributed by atoms with Crippen molar-refractivity contribution in [2.75, 3.05) is 6.54 Å². The van der Waals surface area contributed by atoms with Crippen molar-refractivity contribution in [3.8, 4) is 0 Å². The standard InChI is InChI=1S/C8H9NO2.C6H13NO2/c10-8(11)4-3-7-2-1-5-9-6-7;1-3-5(2)7-4-6(8)9/h1-2,5-6H,3-4H2,(H,10,11);5,7H,3-4H2,1-2H3,(H,8,9). The van der Waals surface area contributed by atoms with Gasteiger partial charge >= 0.3 is 11.9 Å². The number of hydrogen-bond donors (Lipinski definition) is 3. The van der Waals surface area contributed by atoms with E-state index in [-0.39, 0.29) is 13.0 Å². The van der Waals surface area contributed by atoms with Gasteiger partial charge in [-0.2, -0.15) is 0 Å². The second-order valence-electron chi connectivity index (χ2n) is 4.34. The van der Waals surface area contributed by atoms with Crippen molar-refractivity contribution in [3.05, 3.63) is 30.1 Å². The molecule has 0 aliphatic heterocycles. The van der Waals surface area contributed by atoms with Gasteiger partial charge in [-0.25, -0.2) is 0 Å². The summed E-state index contributed by atoms with van der Waals surface area (Å²) in [6, 6.07) is 3.98. The SMILES string of the molecule is CCC(C)NCC(=O)O.O=C(O)CCc1cccnc1. The fraction of sp³-hybridized carbons (Fsp3) is 0.500. The van der Waals surface area contributed by atoms with Crippen LogP contribution in [0.25, 0.3) is 0 Å². The molecule has 0 aromatic carbocycles. The minimum atomic E-state index is -0.796. The van der Waals surface area contributed by atoms with E-state index in [1.807, 2.05) is 19.9 Å². The van der Waals surface area contributed by atoms with E-state index in [2.05, 4.69) is 10.3 Å². The lowest BCUT2D eigenvalue weighted by Crippen LogP contribution is -2.30. The molecule has 1 rings (SSSR count). The lowest BCUT2D eigenvalue weighted by Gasteiger charge is -2.07. The van der Waals surface area contributed by atoms with Crippen LogP contribution in [0.5, 0.6) is 0 Å². The van der Waals surface area contributed by atoms with Crippen LogP contribution in [0.2, 0.25) is 0 Å². The number of aryl methyl sites for hydroxylation is 1. The van der Waals surface area contributed by atoms with Crippen LogP contribution < -0.4 is 5.32 Å². The second kappa shape index (κ2) is 10.9. The third kappa shape index (κ3) is 11.2. The van der Waals surface area contributed by atoms with Gasteiger partial charge in [0.1, 0.15) is 0 Å². The Hall–Kier alpha value is -1.95. The van der Waals surface area contributed by atoms with Crippen molar-refractivity contribution in [1.29, 1.82) is 0 Å². The first-order valence-electron chi connectivity index (χ1n) is 6.51. The van der Waals surface area contributed by atoms with Gasteiger partial charge in [-0.05, 0) is 31.4 Å². The summed E-state index contributed by atoms with van der Waals surface area (Å²) >= 11 is 0. The highest BCUT2D eigenvalue weighted by atomic mass is 16.4. The summed E-state index contributed by atoms with van der Waals surface area (Å²) in [5, 5.41) is 19.4. The van der Waals surface area contributed by atoms with E-state index in [0.29, 0.717) is 12.5 Å². The molecule has 0 spiro atoms. The van der Waals surface area contributed by atoms with Crippen LogP contribution in [0.3, 0.4) is 0 Å². The van der Waals surface area contributed by atoms with Crippen molar-refractivity contribution < 1.29 is 19.8 Å². The van der Waals surface area contributed by atoms with E-state index in [4.69, 9.17) is 10.2 Å². The lowest BCUT2D eigenvalue weighted by molar-refractivity contribution is -0.137. The molecule has 1 aromatic rings. The number of pyridine rings is 1. The summed E-state index contributed by atoms with van der Waals surface area (Å²) in [6.07, 6.45) is 5.05. The largest absolute Gasteiger partial charge is 0.481 e. The zero-order chi connectivity index (χ0) is 15.4. The van der Waals surface area contributed by atoms with E-state index in [9.17, 15) is 9.59 Å². The Kier molecular flexibility index (Phi) is 9.86. The number of aromatic nitrogens is 1. The number of nitrogens with zero attached hydrogens (tertiary/aromatic N) is 1. The zero-order valence-corrected chi connectivity index (χ0v) is 11.9. The maximum absolute atomic E-state index is 10.2. The van der Waals surface area contributed by atoms with E-state index in [0.717, 1.165) is 12.0 Å². The number of nitrogens with one attached hydrogen (secondary N) is 1. The molecule has 6 heteroatoms. The third-order valence-corrected chi connectivity index (χ3v) is 2.56. The predicted octanol–water partition coefficient (Wildman–Crippen LogP) is 1.56. The van der Waals surface area contributed by atoms with E-state index in [1.165, 1.54) is 0 Å². The number of carbonyl (C=O) groups is 2. The Bertz CT molecular complexity index is 395. The van der Waals surface area contributed by atoms with Crippen molar-refractivity contribution in [2.24, 2.45) is 0 Å². The summed E-state index contributed by atoms with van der Waals surface area (Å²) in [7, 11) is 0. The molecule has 112 valence electrons. The van der Waals surface area contributed by atoms with Crippen molar-refractivity contribution >= 4 is 11.9 Å². The Labute approximate surface area is 118 Å². The Morgan fingerprint density at radius 1 is 1.35 bits per heavy atom. The summed E-state index contributed by atoms with van der Waals surface area (Å²) in [4.78, 5) is 24.0. The van der Waals surface area contributed by atoms with Gasteiger partial charge in [0, 0.05) is 24.9 Å². The highest BCUT2D eigenvalue weighted by Gasteiger charge is 1.99. The molecule has 0 bridgehead atoms. The molecule has 0 fully saturated rings. The summed E-state index contributed by atoms with van der Waals surface area (Å²) in [6.45, 7) is 4.04. The van der Waals surface area contributed by atoms with Gasteiger partial charge in [0.25, 0.3) is 0 Å². The van der Waals surface area contributed by atoms with E-state index in [1.54, 1.807) is 18.5 Å². The lowest BCUT2D eigenvalue weighted by atomic mass is 10.2. The average Bonchev–Trinajstić information content (AvgIpc) is 2.44. The molecule has 1 aromatic heterocycles. The minimum absolute atomic E-state index is 0.0645. The molecular formula is C14H22N2O4. The molecule has 0 radical (unpaired) electrons. The molecule has 1 unspecified atom stereocenters. The van der Waals surface area contributed by atoms with Gasteiger partial charge in [-0.1, -0.05) is 13.0 Å². The van der Waals surface area contributed by atoms with Crippen LogP contribution in [-0.4, -0.2) is 39.7 Å². The predicted molar refractivity (Wildman–Crippen MR) is 75.6 cm³/mol. The molecule has 3 N–H and O–H groups in total. The number of rotatable bonds is 7. The van der Waals surface area contributed by atoms with Crippen molar-refractivity contribution in [3.63, 3.8) is 0 Å². The van der Waals surface area contributed by atoms with Gasteiger partial charge in [0.2, 0.25) is 0 Å². The van der Waals surface area contributed by atoms with E-state index < -0.39 is 11.9 Å². The van der Waals surface area contributed by atoms with Crippen LogP contribution in [0.15, 0.2) is 24.5 Å².